The molecule has 8 heteroatoms. The molecule has 0 aliphatic carbocycles. The summed E-state index contributed by atoms with van der Waals surface area (Å²) in [6.07, 6.45) is 1.17. The van der Waals surface area contributed by atoms with Crippen LogP contribution < -0.4 is 4.74 Å². The molecule has 3 rings (SSSR count). The average Bonchev–Trinajstić information content (AvgIpc) is 3.18. The van der Waals surface area contributed by atoms with E-state index in [1.807, 2.05) is 56.3 Å². The number of thiophene rings is 1. The maximum absolute atomic E-state index is 13.4. The van der Waals surface area contributed by atoms with Crippen LogP contribution in [0.2, 0.25) is 0 Å². The van der Waals surface area contributed by atoms with Crippen molar-refractivity contribution < 1.29 is 28.6 Å². The van der Waals surface area contributed by atoms with Gasteiger partial charge in [-0.15, -0.1) is 11.3 Å². The summed E-state index contributed by atoms with van der Waals surface area (Å²) in [7, 11) is 0. The highest BCUT2D eigenvalue weighted by Crippen LogP contribution is 2.33. The van der Waals surface area contributed by atoms with E-state index in [4.69, 9.17) is 14.2 Å². The van der Waals surface area contributed by atoms with Crippen molar-refractivity contribution in [3.63, 3.8) is 0 Å². The maximum atomic E-state index is 13.4. The summed E-state index contributed by atoms with van der Waals surface area (Å²) < 4.78 is 16.3. The quantitative estimate of drug-likeness (QED) is 0.182. The van der Waals surface area contributed by atoms with Crippen molar-refractivity contribution in [2.24, 2.45) is 0 Å². The first kappa shape index (κ1) is 27.6. The van der Waals surface area contributed by atoms with E-state index in [1.54, 1.807) is 20.8 Å². The second kappa shape index (κ2) is 12.3. The molecule has 0 saturated heterocycles. The number of fused-ring (bicyclic) bond motifs is 1. The standard InChI is InChI=1S/C29H29NO6S/c1-6-34-28(32)26-18(5)27(29(33)35-7-2)37-25(26)15-23(31)20(16-30)14-22-21-11-9-8-10-19(21)12-13-24(22)36-17(3)4/h8-14,17H,6-7,15H2,1-5H3/b20-14+. The predicted octanol–water partition coefficient (Wildman–Crippen LogP) is 6.07. The van der Waals surface area contributed by atoms with Gasteiger partial charge >= 0.3 is 11.9 Å². The average molecular weight is 520 g/mol. The molecule has 0 saturated carbocycles. The minimum Gasteiger partial charge on any atom is -0.490 e. The monoisotopic (exact) mass is 519 g/mol. The molecule has 0 fully saturated rings. The van der Waals surface area contributed by atoms with Gasteiger partial charge in [-0.1, -0.05) is 30.3 Å². The molecule has 0 N–H and O–H groups in total. The lowest BCUT2D eigenvalue weighted by atomic mass is 9.98. The predicted molar refractivity (Wildman–Crippen MR) is 143 cm³/mol. The number of carbonyl (C=O) groups excluding carboxylic acids is 3. The molecule has 0 spiro atoms. The second-order valence-corrected chi connectivity index (χ2v) is 9.54. The fraction of sp³-hybridized carbons (Fsp3) is 0.310. The van der Waals surface area contributed by atoms with Gasteiger partial charge in [-0.25, -0.2) is 9.59 Å². The number of esters is 2. The Bertz CT molecular complexity index is 1410. The summed E-state index contributed by atoms with van der Waals surface area (Å²) in [5.41, 5.74) is 1.09. The Hall–Kier alpha value is -3.96. The molecule has 192 valence electrons. The smallest absolute Gasteiger partial charge is 0.348 e. The SMILES string of the molecule is CCOC(=O)c1sc(CC(=O)/C(C#N)=C/c2c(OC(C)C)ccc3ccccc23)c(C(=O)OCC)c1C. The van der Waals surface area contributed by atoms with Gasteiger partial charge in [0.15, 0.2) is 5.78 Å². The van der Waals surface area contributed by atoms with Crippen LogP contribution in [-0.4, -0.2) is 37.0 Å². The molecule has 2 aromatic carbocycles. The van der Waals surface area contributed by atoms with Crippen molar-refractivity contribution in [1.29, 1.82) is 5.26 Å². The first-order valence-corrected chi connectivity index (χ1v) is 12.8. The van der Waals surface area contributed by atoms with Gasteiger partial charge in [0.05, 0.1) is 30.5 Å². The van der Waals surface area contributed by atoms with Crippen molar-refractivity contribution in [2.45, 2.75) is 47.1 Å². The molecule has 0 amide bonds. The van der Waals surface area contributed by atoms with E-state index in [1.165, 1.54) is 6.08 Å². The van der Waals surface area contributed by atoms with E-state index in [0.717, 1.165) is 22.1 Å². The summed E-state index contributed by atoms with van der Waals surface area (Å²) in [4.78, 5) is 39.1. The van der Waals surface area contributed by atoms with E-state index in [0.29, 0.717) is 21.8 Å². The van der Waals surface area contributed by atoms with E-state index < -0.39 is 17.7 Å². The minimum atomic E-state index is -0.626. The molecular weight excluding hydrogens is 490 g/mol. The number of hydrogen-bond acceptors (Lipinski definition) is 8. The van der Waals surface area contributed by atoms with Crippen molar-refractivity contribution in [2.75, 3.05) is 13.2 Å². The van der Waals surface area contributed by atoms with Crippen LogP contribution in [0.1, 0.15) is 63.7 Å². The van der Waals surface area contributed by atoms with E-state index in [9.17, 15) is 19.6 Å². The zero-order valence-corrected chi connectivity index (χ0v) is 22.4. The molecule has 0 unspecified atom stereocenters. The Morgan fingerprint density at radius 3 is 2.35 bits per heavy atom. The Balaban J connectivity index is 2.08. The highest BCUT2D eigenvalue weighted by Gasteiger charge is 2.28. The van der Waals surface area contributed by atoms with Gasteiger partial charge in [0.2, 0.25) is 0 Å². The fourth-order valence-electron chi connectivity index (χ4n) is 3.90. The van der Waals surface area contributed by atoms with Crippen molar-refractivity contribution in [3.8, 4) is 11.8 Å². The van der Waals surface area contributed by atoms with E-state index >= 15 is 0 Å². The Morgan fingerprint density at radius 1 is 1.03 bits per heavy atom. The zero-order chi connectivity index (χ0) is 27.1. The fourth-order valence-corrected chi connectivity index (χ4v) is 5.09. The third kappa shape index (κ3) is 6.25. The number of allylic oxidation sites excluding steroid dienone is 1. The molecule has 7 nitrogen and oxygen atoms in total. The number of ketones is 1. The van der Waals surface area contributed by atoms with Gasteiger partial charge in [-0.3, -0.25) is 4.79 Å². The first-order valence-electron chi connectivity index (χ1n) is 12.0. The van der Waals surface area contributed by atoms with Crippen molar-refractivity contribution in [1.82, 2.24) is 0 Å². The number of carbonyl (C=O) groups is 3. The van der Waals surface area contributed by atoms with Crippen LogP contribution in [0, 0.1) is 18.3 Å². The molecule has 0 radical (unpaired) electrons. The van der Waals surface area contributed by atoms with Crippen molar-refractivity contribution >= 4 is 45.9 Å². The summed E-state index contributed by atoms with van der Waals surface area (Å²) in [6.45, 7) is 9.09. The molecule has 37 heavy (non-hydrogen) atoms. The number of Topliss-reactive ketones (excluding diaryl/α,β-unsaturated/α-hetero) is 1. The molecule has 0 aliphatic heterocycles. The Kier molecular flexibility index (Phi) is 9.20. The number of nitrogens with zero attached hydrogens (tertiary/aromatic N) is 1. The van der Waals surface area contributed by atoms with Crippen LogP contribution in [0.4, 0.5) is 0 Å². The van der Waals surface area contributed by atoms with Crippen LogP contribution in [0.15, 0.2) is 42.0 Å². The lowest BCUT2D eigenvalue weighted by Gasteiger charge is -2.15. The molecule has 0 atom stereocenters. The summed E-state index contributed by atoms with van der Waals surface area (Å²) in [5.74, 6) is -1.14. The lowest BCUT2D eigenvalue weighted by Crippen LogP contribution is -2.12. The molecule has 0 aliphatic rings. The maximum Gasteiger partial charge on any atom is 0.348 e. The van der Waals surface area contributed by atoms with Crippen LogP contribution in [-0.2, 0) is 20.7 Å². The highest BCUT2D eigenvalue weighted by atomic mass is 32.1. The van der Waals surface area contributed by atoms with Crippen LogP contribution in [0.25, 0.3) is 16.8 Å². The lowest BCUT2D eigenvalue weighted by molar-refractivity contribution is -0.114. The van der Waals surface area contributed by atoms with Gasteiger partial charge in [-0.2, -0.15) is 5.26 Å². The van der Waals surface area contributed by atoms with Gasteiger partial charge in [0.1, 0.15) is 16.7 Å². The second-order valence-electron chi connectivity index (χ2n) is 8.43. The number of ether oxygens (including phenoxy) is 3. The van der Waals surface area contributed by atoms with Gasteiger partial charge < -0.3 is 14.2 Å². The largest absolute Gasteiger partial charge is 0.490 e. The summed E-state index contributed by atoms with van der Waals surface area (Å²) in [6, 6.07) is 13.4. The topological polar surface area (TPSA) is 103 Å². The highest BCUT2D eigenvalue weighted by molar-refractivity contribution is 7.14. The Labute approximate surface area is 220 Å². The zero-order valence-electron chi connectivity index (χ0n) is 21.5. The number of rotatable bonds is 10. The van der Waals surface area contributed by atoms with Crippen LogP contribution in [0.3, 0.4) is 0 Å². The third-order valence-corrected chi connectivity index (χ3v) is 6.76. The van der Waals surface area contributed by atoms with E-state index in [-0.39, 0.29) is 41.8 Å². The molecule has 3 aromatic rings. The first-order chi connectivity index (χ1) is 17.7. The third-order valence-electron chi connectivity index (χ3n) is 5.48. The molecule has 1 aromatic heterocycles. The molecule has 1 heterocycles. The number of hydrogen-bond donors (Lipinski definition) is 0. The van der Waals surface area contributed by atoms with E-state index in [2.05, 4.69) is 0 Å². The van der Waals surface area contributed by atoms with Crippen molar-refractivity contribution in [3.05, 3.63) is 68.4 Å². The van der Waals surface area contributed by atoms with Crippen LogP contribution >= 0.6 is 11.3 Å². The van der Waals surface area contributed by atoms with Gasteiger partial charge in [0.25, 0.3) is 0 Å². The summed E-state index contributed by atoms with van der Waals surface area (Å²) >= 11 is 1.01. The minimum absolute atomic E-state index is 0.0940. The number of benzene rings is 2. The van der Waals surface area contributed by atoms with Crippen LogP contribution in [0.5, 0.6) is 5.75 Å². The normalized spacial score (nSPS) is 11.3. The Morgan fingerprint density at radius 2 is 1.70 bits per heavy atom. The number of nitriles is 1. The molecular formula is C29H29NO6S. The molecule has 0 bridgehead atoms. The van der Waals surface area contributed by atoms with Gasteiger partial charge in [0, 0.05) is 16.9 Å². The summed E-state index contributed by atoms with van der Waals surface area (Å²) in [5, 5.41) is 11.7. The van der Waals surface area contributed by atoms with Gasteiger partial charge in [-0.05, 0) is 63.1 Å².